The molecule has 0 radical (unpaired) electrons. The Labute approximate surface area is 313 Å². The maximum atomic E-state index is 14.3. The molecule has 6 amide bonds. The van der Waals surface area contributed by atoms with Crippen LogP contribution in [0.1, 0.15) is 99.5 Å². The Balaban J connectivity index is 1.78. The largest absolute Gasteiger partial charge is 0.361 e. The summed E-state index contributed by atoms with van der Waals surface area (Å²) < 4.78 is 0. The topological polar surface area (TPSA) is 182 Å². The molecule has 2 saturated heterocycles. The normalized spacial score (nSPS) is 25.6. The number of carbonyl (C=O) groups is 6. The number of nitrogens with one attached hydrogen (secondary N) is 6. The highest BCUT2D eigenvalue weighted by atomic mass is 16.2. The van der Waals surface area contributed by atoms with E-state index in [4.69, 9.17) is 0 Å². The molecule has 1 aromatic carbocycles. The summed E-state index contributed by atoms with van der Waals surface area (Å²) in [6.07, 6.45) is 4.10. The van der Waals surface area contributed by atoms with E-state index in [2.05, 4.69) is 31.6 Å². The van der Waals surface area contributed by atoms with Crippen molar-refractivity contribution in [2.24, 2.45) is 23.7 Å². The lowest BCUT2D eigenvalue weighted by Crippen LogP contribution is -2.61. The summed E-state index contributed by atoms with van der Waals surface area (Å²) >= 11 is 0. The average molecular weight is 736 g/mol. The Hall–Kier alpha value is -4.42. The summed E-state index contributed by atoms with van der Waals surface area (Å²) in [5, 5.41) is 15.5. The number of fused-ring (bicyclic) bond motifs is 2. The van der Waals surface area contributed by atoms with E-state index in [1.54, 1.807) is 6.20 Å². The quantitative estimate of drug-likeness (QED) is 0.218. The van der Waals surface area contributed by atoms with E-state index in [0.29, 0.717) is 38.6 Å². The highest BCUT2D eigenvalue weighted by Crippen LogP contribution is 2.23. The second-order valence-electron chi connectivity index (χ2n) is 16.6. The van der Waals surface area contributed by atoms with Gasteiger partial charge < -0.3 is 36.5 Å². The number of aromatic amines is 1. The smallest absolute Gasteiger partial charge is 0.245 e. The summed E-state index contributed by atoms with van der Waals surface area (Å²) in [5.74, 6) is -2.87. The van der Waals surface area contributed by atoms with Crippen molar-refractivity contribution < 1.29 is 28.8 Å². The monoisotopic (exact) mass is 735 g/mol. The molecule has 292 valence electrons. The number of benzene rings is 1. The van der Waals surface area contributed by atoms with Gasteiger partial charge in [0.2, 0.25) is 35.4 Å². The number of aromatic nitrogens is 1. The fourth-order valence-electron chi connectivity index (χ4n) is 7.39. The zero-order valence-corrected chi connectivity index (χ0v) is 32.7. The summed E-state index contributed by atoms with van der Waals surface area (Å²) in [7, 11) is 0. The number of hydrogen-bond acceptors (Lipinski definition) is 6. The van der Waals surface area contributed by atoms with Crippen LogP contribution >= 0.6 is 0 Å². The van der Waals surface area contributed by atoms with E-state index in [9.17, 15) is 28.8 Å². The molecule has 6 atom stereocenters. The molecule has 2 fully saturated rings. The standard InChI is InChI=1S/C40H61N7O6/c1-22(2)16-29-35(48)43-31(18-24(5)6)37(50)46-33(19-25(7)8)40(53)47-15-11-14-34(47)39(52)45-32(20-26-21-41-28-13-10-9-12-27(26)28)38(51)44-30(17-23(3)4)36(49)42-29/h9-10,12-13,21-25,29-34,41H,11,14-20H2,1-8H3,(H,42,49)(H,43,48)(H,44,51)(H,45,52)(H,46,50)/t29-,30+,31+,32+,33+,34-/m1/s1. The Morgan fingerprint density at radius 1 is 0.585 bits per heavy atom. The van der Waals surface area contributed by atoms with Crippen LogP contribution in [0.15, 0.2) is 30.5 Å². The third-order valence-electron chi connectivity index (χ3n) is 9.91. The lowest BCUT2D eigenvalue weighted by molar-refractivity contribution is -0.143. The van der Waals surface area contributed by atoms with Crippen molar-refractivity contribution in [3.63, 3.8) is 0 Å². The van der Waals surface area contributed by atoms with E-state index >= 15 is 0 Å². The lowest BCUT2D eigenvalue weighted by atomic mass is 9.97. The summed E-state index contributed by atoms with van der Waals surface area (Å²) in [6, 6.07) is 1.81. The molecule has 2 aromatic rings. The molecule has 0 unspecified atom stereocenters. The maximum absolute atomic E-state index is 14.3. The lowest BCUT2D eigenvalue weighted by Gasteiger charge is -2.32. The van der Waals surface area contributed by atoms with Gasteiger partial charge in [-0.15, -0.1) is 0 Å². The zero-order valence-electron chi connectivity index (χ0n) is 32.7. The molecule has 0 aliphatic carbocycles. The minimum absolute atomic E-state index is 0.00101. The van der Waals surface area contributed by atoms with Crippen molar-refractivity contribution in [2.45, 2.75) is 137 Å². The number of rotatable bonds is 10. The van der Waals surface area contributed by atoms with E-state index in [0.717, 1.165) is 16.5 Å². The Kier molecular flexibility index (Phi) is 14.5. The number of para-hydroxylation sites is 1. The van der Waals surface area contributed by atoms with Gasteiger partial charge in [-0.2, -0.15) is 0 Å². The van der Waals surface area contributed by atoms with E-state index < -0.39 is 65.8 Å². The molecule has 0 bridgehead atoms. The van der Waals surface area contributed by atoms with Crippen molar-refractivity contribution >= 4 is 46.3 Å². The minimum Gasteiger partial charge on any atom is -0.361 e. The third kappa shape index (κ3) is 11.3. The third-order valence-corrected chi connectivity index (χ3v) is 9.91. The van der Waals surface area contributed by atoms with Crippen molar-refractivity contribution in [2.75, 3.05) is 6.54 Å². The van der Waals surface area contributed by atoms with Crippen molar-refractivity contribution in [3.05, 3.63) is 36.0 Å². The first kappa shape index (κ1) is 41.3. The van der Waals surface area contributed by atoms with E-state index in [1.807, 2.05) is 79.7 Å². The van der Waals surface area contributed by atoms with Gasteiger partial charge in [0, 0.05) is 30.1 Å². The van der Waals surface area contributed by atoms with Crippen LogP contribution in [0.5, 0.6) is 0 Å². The molecule has 13 heteroatoms. The zero-order chi connectivity index (χ0) is 39.0. The second-order valence-corrected chi connectivity index (χ2v) is 16.6. The van der Waals surface area contributed by atoms with Gasteiger partial charge in [0.15, 0.2) is 0 Å². The van der Waals surface area contributed by atoms with Crippen LogP contribution in [0.4, 0.5) is 0 Å². The number of H-pyrrole nitrogens is 1. The van der Waals surface area contributed by atoms with Gasteiger partial charge in [-0.05, 0) is 73.8 Å². The molecular formula is C40H61N7O6. The van der Waals surface area contributed by atoms with Crippen molar-refractivity contribution in [1.82, 2.24) is 36.5 Å². The molecule has 1 aromatic heterocycles. The van der Waals surface area contributed by atoms with Crippen LogP contribution in [0.2, 0.25) is 0 Å². The van der Waals surface area contributed by atoms with Crippen LogP contribution in [-0.4, -0.2) is 88.1 Å². The van der Waals surface area contributed by atoms with Gasteiger partial charge in [0.25, 0.3) is 0 Å². The molecule has 2 aliphatic heterocycles. The summed E-state index contributed by atoms with van der Waals surface area (Å²) in [6.45, 7) is 15.8. The van der Waals surface area contributed by atoms with Crippen molar-refractivity contribution in [1.29, 1.82) is 0 Å². The highest BCUT2D eigenvalue weighted by Gasteiger charge is 2.41. The Morgan fingerprint density at radius 3 is 1.53 bits per heavy atom. The molecule has 3 heterocycles. The maximum Gasteiger partial charge on any atom is 0.245 e. The van der Waals surface area contributed by atoms with Gasteiger partial charge in [-0.3, -0.25) is 28.8 Å². The second kappa shape index (κ2) is 18.6. The van der Waals surface area contributed by atoms with E-state index in [1.165, 1.54) is 4.90 Å². The number of hydrogen-bond donors (Lipinski definition) is 6. The van der Waals surface area contributed by atoms with Crippen LogP contribution in [0, 0.1) is 23.7 Å². The first-order chi connectivity index (χ1) is 25.0. The van der Waals surface area contributed by atoms with E-state index in [-0.39, 0.29) is 42.4 Å². The molecule has 0 saturated carbocycles. The molecular weight excluding hydrogens is 674 g/mol. The average Bonchev–Trinajstić information content (AvgIpc) is 3.73. The number of carbonyl (C=O) groups excluding carboxylic acids is 6. The highest BCUT2D eigenvalue weighted by molar-refractivity contribution is 5.98. The van der Waals surface area contributed by atoms with Gasteiger partial charge in [0.05, 0.1) is 0 Å². The molecule has 4 rings (SSSR count). The van der Waals surface area contributed by atoms with Gasteiger partial charge in [-0.1, -0.05) is 73.6 Å². The number of amides is 6. The van der Waals surface area contributed by atoms with Crippen LogP contribution in [-0.2, 0) is 35.2 Å². The SMILES string of the molecule is CC(C)C[C@@H]1NC(=O)[C@H](Cc2c[nH]c3ccccc23)NC(=O)[C@H]2CCCN2C(=O)[C@H](CC(C)C)NC(=O)[C@H](CC(C)C)NC(=O)[C@@H](CC(C)C)NC1=O. The van der Waals surface area contributed by atoms with Crippen molar-refractivity contribution in [3.8, 4) is 0 Å². The molecule has 2 aliphatic rings. The van der Waals surface area contributed by atoms with Gasteiger partial charge >= 0.3 is 0 Å². The van der Waals surface area contributed by atoms with Crippen LogP contribution in [0.3, 0.4) is 0 Å². The van der Waals surface area contributed by atoms with Gasteiger partial charge in [0.1, 0.15) is 36.3 Å². The van der Waals surface area contributed by atoms with Crippen LogP contribution in [0.25, 0.3) is 10.9 Å². The summed E-state index contributed by atoms with van der Waals surface area (Å²) in [5.41, 5.74) is 1.68. The molecule has 13 nitrogen and oxygen atoms in total. The summed E-state index contributed by atoms with van der Waals surface area (Å²) in [4.78, 5) is 89.3. The predicted octanol–water partition coefficient (Wildman–Crippen LogP) is 3.32. The molecule has 6 N–H and O–H groups in total. The Morgan fingerprint density at radius 2 is 1.02 bits per heavy atom. The Bertz CT molecular complexity index is 1620. The fraction of sp³-hybridized carbons (Fsp3) is 0.650. The minimum atomic E-state index is -1.08. The van der Waals surface area contributed by atoms with Crippen LogP contribution < -0.4 is 26.6 Å². The van der Waals surface area contributed by atoms with Gasteiger partial charge in [-0.25, -0.2) is 0 Å². The first-order valence-corrected chi connectivity index (χ1v) is 19.4. The fourth-order valence-corrected chi connectivity index (χ4v) is 7.39. The predicted molar refractivity (Wildman–Crippen MR) is 204 cm³/mol. The first-order valence-electron chi connectivity index (χ1n) is 19.4. The molecule has 53 heavy (non-hydrogen) atoms. The molecule has 0 spiro atoms. The number of nitrogens with zero attached hydrogens (tertiary/aromatic N) is 1.